The summed E-state index contributed by atoms with van der Waals surface area (Å²) in [7, 11) is 0. The lowest BCUT2D eigenvalue weighted by Crippen LogP contribution is -1.88. The van der Waals surface area contributed by atoms with Crippen LogP contribution in [0.2, 0.25) is 0 Å². The molecule has 0 amide bonds. The largest absolute Gasteiger partial charge is 0.330 e. The number of rotatable bonds is 4. The molecule has 0 radical (unpaired) electrons. The quantitative estimate of drug-likeness (QED) is 0.530. The number of halogens is 1. The third kappa shape index (κ3) is 3.29. The first-order valence-corrected chi connectivity index (χ1v) is 7.84. The van der Waals surface area contributed by atoms with Crippen LogP contribution < -0.4 is 5.32 Å². The third-order valence-electron chi connectivity index (χ3n) is 2.85. The molecule has 1 N–H and O–H groups in total. The van der Waals surface area contributed by atoms with Gasteiger partial charge in [0.1, 0.15) is 5.01 Å². The molecule has 3 rings (SSSR count). The van der Waals surface area contributed by atoms with Gasteiger partial charge < -0.3 is 5.32 Å². The van der Waals surface area contributed by atoms with Gasteiger partial charge in [0.2, 0.25) is 5.13 Å². The minimum Gasteiger partial charge on any atom is -0.330 e. The number of hydrogen-bond acceptors (Lipinski definition) is 6. The van der Waals surface area contributed by atoms with Gasteiger partial charge in [0.05, 0.1) is 4.92 Å². The normalized spacial score (nSPS) is 10.4. The summed E-state index contributed by atoms with van der Waals surface area (Å²) >= 11 is 4.76. The average Bonchev–Trinajstić information content (AvgIpc) is 2.98. The molecule has 0 saturated carbocycles. The fraction of sp³-hybridized carbons (Fsp3) is 0. The van der Waals surface area contributed by atoms with Crippen molar-refractivity contribution < 1.29 is 4.92 Å². The van der Waals surface area contributed by atoms with Gasteiger partial charge >= 0.3 is 0 Å². The van der Waals surface area contributed by atoms with E-state index >= 15 is 0 Å². The molecule has 0 saturated heterocycles. The van der Waals surface area contributed by atoms with E-state index < -0.39 is 4.92 Å². The van der Waals surface area contributed by atoms with Gasteiger partial charge in [-0.1, -0.05) is 27.3 Å². The molecule has 110 valence electrons. The van der Waals surface area contributed by atoms with E-state index in [2.05, 4.69) is 31.4 Å². The van der Waals surface area contributed by atoms with Gasteiger partial charge in [-0.2, -0.15) is 0 Å². The topological polar surface area (TPSA) is 81.0 Å². The second-order valence-corrected chi connectivity index (χ2v) is 6.24. The standard InChI is InChI=1S/C14H9BrN4O2S/c15-10-3-5-11(6-4-10)16-14-18-17-13(22-14)9-1-7-12(8-2-9)19(20)21/h1-8H,(H,16,18). The molecule has 3 aromatic rings. The summed E-state index contributed by atoms with van der Waals surface area (Å²) in [6.07, 6.45) is 0. The molecule has 0 aliphatic rings. The second-order valence-electron chi connectivity index (χ2n) is 4.35. The summed E-state index contributed by atoms with van der Waals surface area (Å²) in [4.78, 5) is 10.2. The van der Waals surface area contributed by atoms with E-state index in [9.17, 15) is 10.1 Å². The predicted octanol–water partition coefficient (Wildman–Crippen LogP) is 4.62. The van der Waals surface area contributed by atoms with Gasteiger partial charge in [-0.15, -0.1) is 10.2 Å². The van der Waals surface area contributed by atoms with Crippen LogP contribution in [0.3, 0.4) is 0 Å². The van der Waals surface area contributed by atoms with Gasteiger partial charge in [-0.3, -0.25) is 10.1 Å². The second kappa shape index (κ2) is 6.20. The van der Waals surface area contributed by atoms with Crippen LogP contribution in [0.5, 0.6) is 0 Å². The predicted molar refractivity (Wildman–Crippen MR) is 89.4 cm³/mol. The van der Waals surface area contributed by atoms with Crippen molar-refractivity contribution in [3.05, 3.63) is 63.1 Å². The summed E-state index contributed by atoms with van der Waals surface area (Å²) in [6.45, 7) is 0. The summed E-state index contributed by atoms with van der Waals surface area (Å²) in [5.41, 5.74) is 1.77. The minimum absolute atomic E-state index is 0.0569. The molecule has 0 atom stereocenters. The van der Waals surface area contributed by atoms with E-state index in [0.717, 1.165) is 15.7 Å². The van der Waals surface area contributed by atoms with Crippen molar-refractivity contribution in [1.29, 1.82) is 0 Å². The highest BCUT2D eigenvalue weighted by atomic mass is 79.9. The van der Waals surface area contributed by atoms with Crippen LogP contribution in [0.15, 0.2) is 53.0 Å². The van der Waals surface area contributed by atoms with Crippen molar-refractivity contribution in [3.63, 3.8) is 0 Å². The smallest absolute Gasteiger partial charge is 0.269 e. The lowest BCUT2D eigenvalue weighted by Gasteiger charge is -2.00. The first-order valence-electron chi connectivity index (χ1n) is 6.23. The van der Waals surface area contributed by atoms with Gasteiger partial charge in [-0.25, -0.2) is 0 Å². The highest BCUT2D eigenvalue weighted by Crippen LogP contribution is 2.29. The van der Waals surface area contributed by atoms with Crippen LogP contribution in [0.25, 0.3) is 10.6 Å². The van der Waals surface area contributed by atoms with Crippen LogP contribution in [0.4, 0.5) is 16.5 Å². The van der Waals surface area contributed by atoms with Crippen molar-refractivity contribution >= 4 is 43.8 Å². The van der Waals surface area contributed by atoms with E-state index in [1.165, 1.54) is 23.5 Å². The Morgan fingerprint density at radius 3 is 2.36 bits per heavy atom. The molecule has 6 nitrogen and oxygen atoms in total. The fourth-order valence-corrected chi connectivity index (χ4v) is 2.81. The van der Waals surface area contributed by atoms with E-state index in [4.69, 9.17) is 0 Å². The Kier molecular flexibility index (Phi) is 4.12. The molecular formula is C14H9BrN4O2S. The van der Waals surface area contributed by atoms with E-state index in [1.807, 2.05) is 24.3 Å². The monoisotopic (exact) mass is 376 g/mol. The van der Waals surface area contributed by atoms with Gasteiger partial charge in [0.25, 0.3) is 5.69 Å². The number of nitrogens with zero attached hydrogens (tertiary/aromatic N) is 3. The Morgan fingerprint density at radius 1 is 1.05 bits per heavy atom. The number of hydrogen-bond donors (Lipinski definition) is 1. The Bertz CT molecular complexity index is 802. The zero-order valence-corrected chi connectivity index (χ0v) is 13.5. The van der Waals surface area contributed by atoms with Gasteiger partial charge in [0, 0.05) is 27.9 Å². The molecule has 0 spiro atoms. The maximum atomic E-state index is 10.6. The van der Waals surface area contributed by atoms with Crippen molar-refractivity contribution in [2.45, 2.75) is 0 Å². The Labute approximate surface area is 138 Å². The van der Waals surface area contributed by atoms with Crippen LogP contribution in [0, 0.1) is 10.1 Å². The SMILES string of the molecule is O=[N+]([O-])c1ccc(-c2nnc(Nc3ccc(Br)cc3)s2)cc1. The van der Waals surface area contributed by atoms with Gasteiger partial charge in [0.15, 0.2) is 0 Å². The Balaban J connectivity index is 1.78. The van der Waals surface area contributed by atoms with Crippen molar-refractivity contribution in [3.8, 4) is 10.6 Å². The van der Waals surface area contributed by atoms with E-state index in [1.54, 1.807) is 12.1 Å². The number of non-ortho nitro benzene ring substituents is 1. The molecular weight excluding hydrogens is 368 g/mol. The third-order valence-corrected chi connectivity index (χ3v) is 4.26. The molecule has 1 heterocycles. The first-order chi connectivity index (χ1) is 10.6. The maximum Gasteiger partial charge on any atom is 0.269 e. The van der Waals surface area contributed by atoms with Gasteiger partial charge in [-0.05, 0) is 36.4 Å². The zero-order valence-electron chi connectivity index (χ0n) is 11.1. The zero-order chi connectivity index (χ0) is 15.5. The summed E-state index contributed by atoms with van der Waals surface area (Å²) in [5.74, 6) is 0. The lowest BCUT2D eigenvalue weighted by atomic mass is 10.2. The van der Waals surface area contributed by atoms with E-state index in [-0.39, 0.29) is 5.69 Å². The number of aromatic nitrogens is 2. The number of nitro benzene ring substituents is 1. The van der Waals surface area contributed by atoms with Crippen molar-refractivity contribution in [2.75, 3.05) is 5.32 Å². The summed E-state index contributed by atoms with van der Waals surface area (Å²) < 4.78 is 1.00. The average molecular weight is 377 g/mol. The molecule has 8 heteroatoms. The fourth-order valence-electron chi connectivity index (χ4n) is 1.77. The maximum absolute atomic E-state index is 10.6. The minimum atomic E-state index is -0.426. The van der Waals surface area contributed by atoms with Crippen molar-refractivity contribution in [2.24, 2.45) is 0 Å². The van der Waals surface area contributed by atoms with Crippen LogP contribution >= 0.6 is 27.3 Å². The molecule has 22 heavy (non-hydrogen) atoms. The first kappa shape index (κ1) is 14.6. The highest BCUT2D eigenvalue weighted by Gasteiger charge is 2.09. The van der Waals surface area contributed by atoms with Crippen molar-refractivity contribution in [1.82, 2.24) is 10.2 Å². The highest BCUT2D eigenvalue weighted by molar-refractivity contribution is 9.10. The summed E-state index contributed by atoms with van der Waals surface area (Å²) in [6, 6.07) is 14.0. The molecule has 0 aliphatic carbocycles. The molecule has 0 bridgehead atoms. The Hall–Kier alpha value is -2.32. The number of nitro groups is 1. The number of benzene rings is 2. The van der Waals surface area contributed by atoms with Crippen LogP contribution in [0.1, 0.15) is 0 Å². The summed E-state index contributed by atoms with van der Waals surface area (Å²) in [5, 5.41) is 23.4. The molecule has 0 unspecified atom stereocenters. The molecule has 0 fully saturated rings. The lowest BCUT2D eigenvalue weighted by molar-refractivity contribution is -0.384. The molecule has 0 aliphatic heterocycles. The van der Waals surface area contributed by atoms with E-state index in [0.29, 0.717) is 10.1 Å². The number of anilines is 2. The molecule has 2 aromatic carbocycles. The number of nitrogens with one attached hydrogen (secondary N) is 1. The van der Waals surface area contributed by atoms with Crippen LogP contribution in [-0.4, -0.2) is 15.1 Å². The Morgan fingerprint density at radius 2 is 1.73 bits per heavy atom. The molecule has 1 aromatic heterocycles. The van der Waals surface area contributed by atoms with Crippen LogP contribution in [-0.2, 0) is 0 Å².